The first-order valence-electron chi connectivity index (χ1n) is 5.91. The quantitative estimate of drug-likeness (QED) is 0.845. The summed E-state index contributed by atoms with van der Waals surface area (Å²) in [5.74, 6) is -0.278. The van der Waals surface area contributed by atoms with E-state index in [1.807, 2.05) is 18.2 Å². The Bertz CT molecular complexity index is 403. The average molecular weight is 218 g/mol. The predicted octanol–water partition coefficient (Wildman–Crippen LogP) is 3.32. The monoisotopic (exact) mass is 218 g/mol. The fourth-order valence-electron chi connectivity index (χ4n) is 2.57. The lowest BCUT2D eigenvalue weighted by atomic mass is 9.62. The summed E-state index contributed by atoms with van der Waals surface area (Å²) in [7, 11) is 0. The van der Waals surface area contributed by atoms with Crippen molar-refractivity contribution < 1.29 is 9.90 Å². The van der Waals surface area contributed by atoms with Crippen LogP contribution in [0.3, 0.4) is 0 Å². The van der Waals surface area contributed by atoms with Gasteiger partial charge in [-0.2, -0.15) is 0 Å². The SMILES string of the molecule is CC(C)c1ccccc1C1(C(=O)O)CCC1. The molecule has 0 radical (unpaired) electrons. The van der Waals surface area contributed by atoms with Crippen molar-refractivity contribution in [2.24, 2.45) is 0 Å². The van der Waals surface area contributed by atoms with E-state index in [0.717, 1.165) is 24.8 Å². The van der Waals surface area contributed by atoms with E-state index < -0.39 is 11.4 Å². The molecule has 0 aromatic heterocycles. The summed E-state index contributed by atoms with van der Waals surface area (Å²) < 4.78 is 0. The van der Waals surface area contributed by atoms with Gasteiger partial charge in [-0.1, -0.05) is 44.5 Å². The highest BCUT2D eigenvalue weighted by atomic mass is 16.4. The van der Waals surface area contributed by atoms with Crippen LogP contribution in [0.5, 0.6) is 0 Å². The molecule has 0 unspecified atom stereocenters. The van der Waals surface area contributed by atoms with E-state index in [9.17, 15) is 9.90 Å². The molecule has 1 N–H and O–H groups in total. The molecule has 2 heteroatoms. The third-order valence-electron chi connectivity index (χ3n) is 3.71. The molecule has 1 saturated carbocycles. The number of carboxylic acid groups (broad SMARTS) is 1. The van der Waals surface area contributed by atoms with Crippen LogP contribution in [-0.4, -0.2) is 11.1 Å². The lowest BCUT2D eigenvalue weighted by Crippen LogP contribution is -2.43. The predicted molar refractivity (Wildman–Crippen MR) is 63.7 cm³/mol. The van der Waals surface area contributed by atoms with Crippen LogP contribution in [0.4, 0.5) is 0 Å². The zero-order chi connectivity index (χ0) is 11.8. The Hall–Kier alpha value is -1.31. The van der Waals surface area contributed by atoms with Gasteiger partial charge in [-0.3, -0.25) is 4.79 Å². The van der Waals surface area contributed by atoms with Gasteiger partial charge in [0.1, 0.15) is 0 Å². The Labute approximate surface area is 96.3 Å². The maximum Gasteiger partial charge on any atom is 0.314 e. The Morgan fingerprint density at radius 2 is 1.94 bits per heavy atom. The molecule has 1 fully saturated rings. The molecule has 2 rings (SSSR count). The first kappa shape index (κ1) is 11.2. The van der Waals surface area contributed by atoms with Crippen LogP contribution in [-0.2, 0) is 10.2 Å². The molecular weight excluding hydrogens is 200 g/mol. The molecule has 16 heavy (non-hydrogen) atoms. The summed E-state index contributed by atoms with van der Waals surface area (Å²) >= 11 is 0. The van der Waals surface area contributed by atoms with Gasteiger partial charge in [0.05, 0.1) is 5.41 Å². The zero-order valence-electron chi connectivity index (χ0n) is 9.86. The van der Waals surface area contributed by atoms with Crippen LogP contribution >= 0.6 is 0 Å². The van der Waals surface area contributed by atoms with Crippen LogP contribution in [0.2, 0.25) is 0 Å². The Morgan fingerprint density at radius 1 is 1.31 bits per heavy atom. The maximum atomic E-state index is 11.5. The standard InChI is InChI=1S/C14H18O2/c1-10(2)11-6-3-4-7-12(11)14(13(15)16)8-5-9-14/h3-4,6-7,10H,5,8-9H2,1-2H3,(H,15,16). The van der Waals surface area contributed by atoms with Gasteiger partial charge >= 0.3 is 5.97 Å². The van der Waals surface area contributed by atoms with Crippen LogP contribution in [0.15, 0.2) is 24.3 Å². The molecule has 1 aromatic rings. The van der Waals surface area contributed by atoms with Gasteiger partial charge in [0, 0.05) is 0 Å². The summed E-state index contributed by atoms with van der Waals surface area (Å²) in [6.07, 6.45) is 2.59. The van der Waals surface area contributed by atoms with Gasteiger partial charge in [0.2, 0.25) is 0 Å². The van der Waals surface area contributed by atoms with Crippen LogP contribution in [0, 0.1) is 0 Å². The zero-order valence-corrected chi connectivity index (χ0v) is 9.86. The minimum Gasteiger partial charge on any atom is -0.481 e. The first-order chi connectivity index (χ1) is 7.58. The number of aliphatic carboxylic acids is 1. The maximum absolute atomic E-state index is 11.5. The van der Waals surface area contributed by atoms with Gasteiger partial charge in [-0.05, 0) is 29.9 Å². The van der Waals surface area contributed by atoms with Gasteiger partial charge in [-0.25, -0.2) is 0 Å². The van der Waals surface area contributed by atoms with Crippen molar-refractivity contribution in [3.05, 3.63) is 35.4 Å². The second kappa shape index (κ2) is 3.93. The van der Waals surface area contributed by atoms with E-state index in [2.05, 4.69) is 19.9 Å². The fraction of sp³-hybridized carbons (Fsp3) is 0.500. The highest BCUT2D eigenvalue weighted by Crippen LogP contribution is 2.46. The van der Waals surface area contributed by atoms with E-state index in [0.29, 0.717) is 5.92 Å². The summed E-state index contributed by atoms with van der Waals surface area (Å²) in [4.78, 5) is 11.5. The van der Waals surface area contributed by atoms with E-state index >= 15 is 0 Å². The molecule has 1 aliphatic carbocycles. The number of hydrogen-bond donors (Lipinski definition) is 1. The Balaban J connectivity index is 2.50. The highest BCUT2D eigenvalue weighted by molar-refractivity contribution is 5.83. The van der Waals surface area contributed by atoms with Crippen molar-refractivity contribution in [2.45, 2.75) is 44.4 Å². The van der Waals surface area contributed by atoms with Crippen LogP contribution in [0.25, 0.3) is 0 Å². The van der Waals surface area contributed by atoms with E-state index in [1.165, 1.54) is 5.56 Å². The number of carbonyl (C=O) groups is 1. The minimum absolute atomic E-state index is 0.382. The van der Waals surface area contributed by atoms with Crippen LogP contribution in [0.1, 0.15) is 50.2 Å². The normalized spacial score (nSPS) is 18.2. The average Bonchev–Trinajstić information content (AvgIpc) is 2.15. The molecule has 0 amide bonds. The smallest absolute Gasteiger partial charge is 0.314 e. The van der Waals surface area contributed by atoms with E-state index in [-0.39, 0.29) is 0 Å². The summed E-state index contributed by atoms with van der Waals surface area (Å²) in [5.41, 5.74) is 1.62. The molecular formula is C14H18O2. The molecule has 1 aromatic carbocycles. The minimum atomic E-state index is -0.660. The van der Waals surface area contributed by atoms with E-state index in [4.69, 9.17) is 0 Å². The number of carboxylic acids is 1. The first-order valence-corrected chi connectivity index (χ1v) is 5.91. The second-order valence-corrected chi connectivity index (χ2v) is 4.98. The Morgan fingerprint density at radius 3 is 2.38 bits per heavy atom. The number of benzene rings is 1. The second-order valence-electron chi connectivity index (χ2n) is 4.98. The fourth-order valence-corrected chi connectivity index (χ4v) is 2.57. The van der Waals surface area contributed by atoms with Crippen molar-refractivity contribution in [2.75, 3.05) is 0 Å². The van der Waals surface area contributed by atoms with Crippen molar-refractivity contribution in [1.82, 2.24) is 0 Å². The van der Waals surface area contributed by atoms with Gasteiger partial charge < -0.3 is 5.11 Å². The summed E-state index contributed by atoms with van der Waals surface area (Å²) in [6, 6.07) is 7.99. The summed E-state index contributed by atoms with van der Waals surface area (Å²) in [5, 5.41) is 9.44. The lowest BCUT2D eigenvalue weighted by molar-refractivity contribution is -0.147. The van der Waals surface area contributed by atoms with Crippen molar-refractivity contribution >= 4 is 5.97 Å². The van der Waals surface area contributed by atoms with Crippen molar-refractivity contribution in [3.8, 4) is 0 Å². The third kappa shape index (κ3) is 1.53. The van der Waals surface area contributed by atoms with Crippen molar-refractivity contribution in [1.29, 1.82) is 0 Å². The third-order valence-corrected chi connectivity index (χ3v) is 3.71. The van der Waals surface area contributed by atoms with Gasteiger partial charge in [0.15, 0.2) is 0 Å². The lowest BCUT2D eigenvalue weighted by Gasteiger charge is -2.40. The molecule has 0 saturated heterocycles. The molecule has 1 aliphatic rings. The van der Waals surface area contributed by atoms with Gasteiger partial charge in [-0.15, -0.1) is 0 Å². The molecule has 0 atom stereocenters. The summed E-state index contributed by atoms with van der Waals surface area (Å²) in [6.45, 7) is 4.24. The Kier molecular flexibility index (Phi) is 2.75. The van der Waals surface area contributed by atoms with Gasteiger partial charge in [0.25, 0.3) is 0 Å². The number of hydrogen-bond acceptors (Lipinski definition) is 1. The molecule has 86 valence electrons. The largest absolute Gasteiger partial charge is 0.481 e. The molecule has 0 aliphatic heterocycles. The van der Waals surface area contributed by atoms with Crippen molar-refractivity contribution in [3.63, 3.8) is 0 Å². The molecule has 2 nitrogen and oxygen atoms in total. The van der Waals surface area contributed by atoms with Crippen LogP contribution < -0.4 is 0 Å². The molecule has 0 heterocycles. The highest BCUT2D eigenvalue weighted by Gasteiger charge is 2.47. The topological polar surface area (TPSA) is 37.3 Å². The molecule has 0 spiro atoms. The van der Waals surface area contributed by atoms with E-state index in [1.54, 1.807) is 0 Å². The molecule has 0 bridgehead atoms. The number of rotatable bonds is 3.